The standard InChI is InChI=1S/C18H16Cl2N4O4S2/c19-9-15(25)21-23-17(27)11-5-1-3-7-13(11)29-30-14-8-4-2-6-12(14)18(28)24-22-16(26)10-20/h1-8H,9-10H2,(H,21,25)(H,22,26)(H,23,27)(H,24,28). The summed E-state index contributed by atoms with van der Waals surface area (Å²) in [5, 5.41) is 0. The molecule has 0 atom stereocenters. The number of alkyl halides is 2. The molecule has 4 N–H and O–H groups in total. The molecule has 8 nitrogen and oxygen atoms in total. The summed E-state index contributed by atoms with van der Waals surface area (Å²) in [5.41, 5.74) is 9.65. The third kappa shape index (κ3) is 7.13. The highest BCUT2D eigenvalue weighted by Gasteiger charge is 2.16. The Hall–Kier alpha value is -2.40. The molecule has 2 rings (SSSR count). The van der Waals surface area contributed by atoms with Gasteiger partial charge in [0.1, 0.15) is 11.8 Å². The van der Waals surface area contributed by atoms with Gasteiger partial charge in [-0.2, -0.15) is 0 Å². The summed E-state index contributed by atoms with van der Waals surface area (Å²) in [4.78, 5) is 48.4. The van der Waals surface area contributed by atoms with E-state index in [9.17, 15) is 19.2 Å². The highest BCUT2D eigenvalue weighted by Crippen LogP contribution is 2.40. The minimum Gasteiger partial charge on any atom is -0.272 e. The van der Waals surface area contributed by atoms with Crippen LogP contribution in [0.2, 0.25) is 0 Å². The van der Waals surface area contributed by atoms with Gasteiger partial charge in [-0.3, -0.25) is 40.9 Å². The van der Waals surface area contributed by atoms with Crippen LogP contribution in [0, 0.1) is 0 Å². The van der Waals surface area contributed by atoms with Crippen LogP contribution in [-0.2, 0) is 9.59 Å². The van der Waals surface area contributed by atoms with Crippen molar-refractivity contribution in [2.24, 2.45) is 0 Å². The first-order valence-corrected chi connectivity index (χ1v) is 11.5. The van der Waals surface area contributed by atoms with Gasteiger partial charge in [0.2, 0.25) is 0 Å². The molecule has 0 aliphatic heterocycles. The molecule has 0 bridgehead atoms. The lowest BCUT2D eigenvalue weighted by Crippen LogP contribution is -2.42. The Morgan fingerprint density at radius 3 is 1.37 bits per heavy atom. The van der Waals surface area contributed by atoms with Crippen molar-refractivity contribution in [1.29, 1.82) is 0 Å². The van der Waals surface area contributed by atoms with E-state index in [2.05, 4.69) is 21.7 Å². The molecule has 0 spiro atoms. The van der Waals surface area contributed by atoms with Crippen LogP contribution in [0.15, 0.2) is 58.3 Å². The van der Waals surface area contributed by atoms with Crippen LogP contribution in [0.5, 0.6) is 0 Å². The lowest BCUT2D eigenvalue weighted by molar-refractivity contribution is -0.120. The van der Waals surface area contributed by atoms with Gasteiger partial charge in [-0.15, -0.1) is 23.2 Å². The fourth-order valence-electron chi connectivity index (χ4n) is 2.00. The maximum absolute atomic E-state index is 12.3. The van der Waals surface area contributed by atoms with Crippen molar-refractivity contribution in [1.82, 2.24) is 21.7 Å². The van der Waals surface area contributed by atoms with Crippen LogP contribution in [0.1, 0.15) is 20.7 Å². The summed E-state index contributed by atoms with van der Waals surface area (Å²) in [5.74, 6) is -2.65. The summed E-state index contributed by atoms with van der Waals surface area (Å²) in [7, 11) is 2.52. The first kappa shape index (κ1) is 23.9. The van der Waals surface area contributed by atoms with Gasteiger partial charge in [0.05, 0.1) is 11.1 Å². The van der Waals surface area contributed by atoms with Crippen molar-refractivity contribution in [3.05, 3.63) is 59.7 Å². The molecule has 0 heterocycles. The van der Waals surface area contributed by atoms with Crippen LogP contribution in [-0.4, -0.2) is 35.4 Å². The predicted molar refractivity (Wildman–Crippen MR) is 117 cm³/mol. The lowest BCUT2D eigenvalue weighted by Gasteiger charge is -2.12. The second kappa shape index (κ2) is 12.3. The molecule has 158 valence electrons. The van der Waals surface area contributed by atoms with Gasteiger partial charge in [-0.1, -0.05) is 45.9 Å². The first-order chi connectivity index (χ1) is 14.5. The molecule has 0 aromatic heterocycles. The Bertz CT molecular complexity index is 870. The second-order valence-corrected chi connectivity index (χ2v) is 8.18. The van der Waals surface area contributed by atoms with Crippen molar-refractivity contribution in [3.8, 4) is 0 Å². The first-order valence-electron chi connectivity index (χ1n) is 8.29. The molecular formula is C18H16Cl2N4O4S2. The Labute approximate surface area is 190 Å². The number of amides is 4. The van der Waals surface area contributed by atoms with Gasteiger partial charge in [0, 0.05) is 9.79 Å². The largest absolute Gasteiger partial charge is 0.272 e. The maximum Gasteiger partial charge on any atom is 0.270 e. The van der Waals surface area contributed by atoms with E-state index in [4.69, 9.17) is 23.2 Å². The molecule has 0 aliphatic carbocycles. The van der Waals surface area contributed by atoms with E-state index in [1.165, 1.54) is 21.6 Å². The molecule has 12 heteroatoms. The van der Waals surface area contributed by atoms with Crippen molar-refractivity contribution in [2.75, 3.05) is 11.8 Å². The molecule has 0 saturated carbocycles. The fraction of sp³-hybridized carbons (Fsp3) is 0.111. The molecule has 4 amide bonds. The van der Waals surface area contributed by atoms with Crippen LogP contribution >= 0.6 is 44.8 Å². The number of nitrogens with one attached hydrogen (secondary N) is 4. The van der Waals surface area contributed by atoms with Gasteiger partial charge in [-0.05, 0) is 24.3 Å². The summed E-state index contributed by atoms with van der Waals surface area (Å²) in [6, 6.07) is 13.6. The number of hydrogen-bond donors (Lipinski definition) is 4. The van der Waals surface area contributed by atoms with E-state index in [1.54, 1.807) is 48.5 Å². The van der Waals surface area contributed by atoms with E-state index < -0.39 is 23.6 Å². The van der Waals surface area contributed by atoms with Crippen molar-refractivity contribution in [3.63, 3.8) is 0 Å². The van der Waals surface area contributed by atoms with Gasteiger partial charge in [0.15, 0.2) is 0 Å². The predicted octanol–water partition coefficient (Wildman–Crippen LogP) is 2.49. The van der Waals surface area contributed by atoms with Gasteiger partial charge >= 0.3 is 0 Å². The zero-order valence-electron chi connectivity index (χ0n) is 15.2. The van der Waals surface area contributed by atoms with E-state index >= 15 is 0 Å². The van der Waals surface area contributed by atoms with E-state index in [0.717, 1.165) is 0 Å². The quantitative estimate of drug-likeness (QED) is 0.271. The molecule has 0 saturated heterocycles. The van der Waals surface area contributed by atoms with Crippen molar-refractivity contribution < 1.29 is 19.2 Å². The number of halogens is 2. The number of carbonyl (C=O) groups excluding carboxylic acids is 4. The molecular weight excluding hydrogens is 471 g/mol. The summed E-state index contributed by atoms with van der Waals surface area (Å²) < 4.78 is 0. The van der Waals surface area contributed by atoms with E-state index in [0.29, 0.717) is 20.9 Å². The van der Waals surface area contributed by atoms with E-state index in [-0.39, 0.29) is 11.8 Å². The Morgan fingerprint density at radius 1 is 0.633 bits per heavy atom. The molecule has 0 unspecified atom stereocenters. The molecule has 30 heavy (non-hydrogen) atoms. The van der Waals surface area contributed by atoms with Gasteiger partial charge < -0.3 is 0 Å². The normalized spacial score (nSPS) is 10.1. The highest BCUT2D eigenvalue weighted by molar-refractivity contribution is 8.76. The molecule has 2 aromatic carbocycles. The Balaban J connectivity index is 2.09. The summed E-state index contributed by atoms with van der Waals surface area (Å²) >= 11 is 10.8. The zero-order chi connectivity index (χ0) is 21.9. The van der Waals surface area contributed by atoms with Crippen LogP contribution in [0.25, 0.3) is 0 Å². The molecule has 2 aromatic rings. The minimum atomic E-state index is -0.536. The fourth-order valence-corrected chi connectivity index (χ4v) is 4.49. The van der Waals surface area contributed by atoms with Crippen LogP contribution in [0.3, 0.4) is 0 Å². The minimum absolute atomic E-state index is 0.281. The average Bonchev–Trinajstić information content (AvgIpc) is 2.79. The third-order valence-corrected chi connectivity index (χ3v) is 6.33. The third-order valence-electron chi connectivity index (χ3n) is 3.36. The lowest BCUT2D eigenvalue weighted by atomic mass is 10.2. The van der Waals surface area contributed by atoms with Crippen molar-refractivity contribution in [2.45, 2.75) is 9.79 Å². The smallest absolute Gasteiger partial charge is 0.270 e. The van der Waals surface area contributed by atoms with Gasteiger partial charge in [-0.25, -0.2) is 0 Å². The number of hydrazine groups is 2. The average molecular weight is 487 g/mol. The van der Waals surface area contributed by atoms with Crippen LogP contribution < -0.4 is 21.7 Å². The SMILES string of the molecule is O=C(CCl)NNC(=O)c1ccccc1SSc1ccccc1C(=O)NNC(=O)CCl. The summed E-state index contributed by atoms with van der Waals surface area (Å²) in [6.07, 6.45) is 0. The highest BCUT2D eigenvalue weighted by atomic mass is 35.5. The van der Waals surface area contributed by atoms with Crippen molar-refractivity contribution >= 4 is 68.4 Å². The Kier molecular flexibility index (Phi) is 9.81. The molecule has 0 aliphatic rings. The topological polar surface area (TPSA) is 116 Å². The second-order valence-electron chi connectivity index (χ2n) is 5.43. The maximum atomic E-state index is 12.3. The van der Waals surface area contributed by atoms with Crippen LogP contribution in [0.4, 0.5) is 0 Å². The van der Waals surface area contributed by atoms with Gasteiger partial charge in [0.25, 0.3) is 23.6 Å². The van der Waals surface area contributed by atoms with E-state index in [1.807, 2.05) is 0 Å². The Morgan fingerprint density at radius 2 is 1.00 bits per heavy atom. The molecule has 0 radical (unpaired) electrons. The molecule has 0 fully saturated rings. The summed E-state index contributed by atoms with van der Waals surface area (Å²) in [6.45, 7) is 0. The number of rotatable bonds is 7. The number of hydrogen-bond acceptors (Lipinski definition) is 6. The number of benzene rings is 2. The monoisotopic (exact) mass is 486 g/mol. The number of carbonyl (C=O) groups is 4. The zero-order valence-corrected chi connectivity index (χ0v) is 18.4.